The Kier molecular flexibility index (Phi) is 10.3. The molecule has 1 aromatic heterocycles. The van der Waals surface area contributed by atoms with Crippen LogP contribution < -0.4 is 10.6 Å². The normalized spacial score (nSPS) is 19.1. The fourth-order valence-electron chi connectivity index (χ4n) is 4.39. The van der Waals surface area contributed by atoms with Gasteiger partial charge in [0.25, 0.3) is 0 Å². The fourth-order valence-corrected chi connectivity index (χ4v) is 4.39. The summed E-state index contributed by atoms with van der Waals surface area (Å²) in [7, 11) is 3.86. The summed E-state index contributed by atoms with van der Waals surface area (Å²) in [6, 6.07) is 8.74. The highest BCUT2D eigenvalue weighted by molar-refractivity contribution is 14.0. The van der Waals surface area contributed by atoms with E-state index in [1.165, 1.54) is 22.4 Å². The van der Waals surface area contributed by atoms with Gasteiger partial charge in [-0.2, -0.15) is 5.10 Å². The van der Waals surface area contributed by atoms with Gasteiger partial charge in [0.05, 0.1) is 11.8 Å². The van der Waals surface area contributed by atoms with Crippen LogP contribution in [0.3, 0.4) is 0 Å². The Balaban J connectivity index is 0.00000341. The lowest BCUT2D eigenvalue weighted by molar-refractivity contribution is -0.0265. The lowest BCUT2D eigenvalue weighted by Gasteiger charge is -2.32. The highest BCUT2D eigenvalue weighted by atomic mass is 127. The molecule has 2 unspecified atom stereocenters. The summed E-state index contributed by atoms with van der Waals surface area (Å²) in [5.74, 6) is 1.26. The molecule has 0 radical (unpaired) electrons. The van der Waals surface area contributed by atoms with Crippen LogP contribution in [0.2, 0.25) is 0 Å². The average molecular weight is 540 g/mol. The van der Waals surface area contributed by atoms with Crippen molar-refractivity contribution in [2.75, 3.05) is 20.2 Å². The van der Waals surface area contributed by atoms with Crippen molar-refractivity contribution in [2.45, 2.75) is 59.1 Å². The van der Waals surface area contributed by atoms with Gasteiger partial charge in [-0.15, -0.1) is 24.0 Å². The lowest BCUT2D eigenvalue weighted by atomic mass is 9.89. The molecule has 2 aromatic rings. The van der Waals surface area contributed by atoms with Gasteiger partial charge < -0.3 is 15.4 Å². The van der Waals surface area contributed by atoms with Crippen molar-refractivity contribution in [1.29, 1.82) is 0 Å². The van der Waals surface area contributed by atoms with Crippen LogP contribution in [0.5, 0.6) is 0 Å². The minimum absolute atomic E-state index is 0. The minimum Gasteiger partial charge on any atom is -0.373 e. The van der Waals surface area contributed by atoms with Gasteiger partial charge in [-0.1, -0.05) is 43.7 Å². The van der Waals surface area contributed by atoms with Gasteiger partial charge in [0, 0.05) is 51.0 Å². The predicted molar refractivity (Wildman–Crippen MR) is 138 cm³/mol. The number of nitrogens with one attached hydrogen (secondary N) is 2. The summed E-state index contributed by atoms with van der Waals surface area (Å²) in [4.78, 5) is 4.44. The average Bonchev–Trinajstić information content (AvgIpc) is 3.09. The largest absolute Gasteiger partial charge is 0.373 e. The van der Waals surface area contributed by atoms with Crippen LogP contribution in [0.15, 0.2) is 29.3 Å². The van der Waals surface area contributed by atoms with Crippen molar-refractivity contribution in [3.05, 3.63) is 52.3 Å². The van der Waals surface area contributed by atoms with Gasteiger partial charge in [0.15, 0.2) is 5.96 Å². The molecule has 3 rings (SSSR count). The third-order valence-electron chi connectivity index (χ3n) is 6.07. The standard InChI is InChI=1S/C24H37N5O.HI/c1-6-21-20(22(7-2)29(5)28-21)16-27-24(25-4)26-15-19-9-8-14-30-23(19)18-12-10-17(3)11-13-18;/h10-13,19,23H,6-9,14-16H2,1-5H3,(H2,25,26,27);1H. The summed E-state index contributed by atoms with van der Waals surface area (Å²) in [5, 5.41) is 11.7. The quantitative estimate of drug-likeness (QED) is 0.313. The number of aliphatic imine (C=N–C) groups is 1. The molecule has 1 aliphatic heterocycles. The number of rotatable bonds is 7. The maximum absolute atomic E-state index is 6.16. The van der Waals surface area contributed by atoms with E-state index in [1.54, 1.807) is 0 Å². The van der Waals surface area contributed by atoms with E-state index in [0.29, 0.717) is 5.92 Å². The summed E-state index contributed by atoms with van der Waals surface area (Å²) in [6.07, 6.45) is 4.32. The van der Waals surface area contributed by atoms with Crippen molar-refractivity contribution < 1.29 is 4.74 Å². The molecule has 1 fully saturated rings. The maximum Gasteiger partial charge on any atom is 0.191 e. The molecule has 2 N–H and O–H groups in total. The Morgan fingerprint density at radius 1 is 1.19 bits per heavy atom. The van der Waals surface area contributed by atoms with Crippen LogP contribution >= 0.6 is 24.0 Å². The maximum atomic E-state index is 6.16. The molecule has 172 valence electrons. The Labute approximate surface area is 204 Å². The molecule has 31 heavy (non-hydrogen) atoms. The third-order valence-corrected chi connectivity index (χ3v) is 6.07. The molecule has 0 saturated carbocycles. The highest BCUT2D eigenvalue weighted by Crippen LogP contribution is 2.33. The van der Waals surface area contributed by atoms with Gasteiger partial charge in [-0.3, -0.25) is 9.67 Å². The summed E-state index contributed by atoms with van der Waals surface area (Å²) >= 11 is 0. The number of guanidine groups is 1. The van der Waals surface area contributed by atoms with Crippen molar-refractivity contribution in [3.8, 4) is 0 Å². The zero-order chi connectivity index (χ0) is 21.5. The summed E-state index contributed by atoms with van der Waals surface area (Å²) < 4.78 is 8.18. The number of nitrogens with zero attached hydrogens (tertiary/aromatic N) is 3. The molecular weight excluding hydrogens is 501 g/mol. The summed E-state index contributed by atoms with van der Waals surface area (Å²) in [5.41, 5.74) is 6.30. The topological polar surface area (TPSA) is 63.5 Å². The number of hydrogen-bond acceptors (Lipinski definition) is 3. The Hall–Kier alpha value is -1.61. The molecule has 1 aromatic carbocycles. The molecule has 0 amide bonds. The second kappa shape index (κ2) is 12.4. The number of halogens is 1. The van der Waals surface area contributed by atoms with Crippen LogP contribution in [0.1, 0.15) is 60.9 Å². The van der Waals surface area contributed by atoms with Gasteiger partial charge in [0.2, 0.25) is 0 Å². The molecule has 0 spiro atoms. The second-order valence-electron chi connectivity index (χ2n) is 8.11. The Morgan fingerprint density at radius 3 is 2.58 bits per heavy atom. The van der Waals surface area contributed by atoms with Gasteiger partial charge in [-0.25, -0.2) is 0 Å². The number of ether oxygens (including phenoxy) is 1. The van der Waals surface area contributed by atoms with E-state index in [9.17, 15) is 0 Å². The number of benzene rings is 1. The predicted octanol–water partition coefficient (Wildman–Crippen LogP) is 4.30. The smallest absolute Gasteiger partial charge is 0.191 e. The number of aryl methyl sites for hydroxylation is 3. The first-order valence-electron chi connectivity index (χ1n) is 11.2. The number of aromatic nitrogens is 2. The fraction of sp³-hybridized carbons (Fsp3) is 0.583. The molecule has 6 nitrogen and oxygen atoms in total. The van der Waals surface area contributed by atoms with Crippen LogP contribution in [0.25, 0.3) is 0 Å². The summed E-state index contributed by atoms with van der Waals surface area (Å²) in [6.45, 7) is 8.88. The van der Waals surface area contributed by atoms with Crippen LogP contribution in [0.4, 0.5) is 0 Å². The first-order chi connectivity index (χ1) is 14.6. The monoisotopic (exact) mass is 539 g/mol. The van der Waals surface area contributed by atoms with Crippen LogP contribution in [-0.4, -0.2) is 35.9 Å². The lowest BCUT2D eigenvalue weighted by Crippen LogP contribution is -2.41. The molecule has 2 atom stereocenters. The third kappa shape index (κ3) is 6.44. The molecule has 0 aliphatic carbocycles. The molecular formula is C24H38IN5O. The second-order valence-corrected chi connectivity index (χ2v) is 8.11. The van der Waals surface area contributed by atoms with Gasteiger partial charge in [0.1, 0.15) is 0 Å². The van der Waals surface area contributed by atoms with E-state index in [2.05, 4.69) is 65.8 Å². The van der Waals surface area contributed by atoms with Gasteiger partial charge >= 0.3 is 0 Å². The zero-order valence-corrected chi connectivity index (χ0v) is 21.9. The SMILES string of the molecule is CCc1nn(C)c(CC)c1CNC(=NC)NCC1CCCOC1c1ccc(C)cc1.I. The van der Waals surface area contributed by atoms with Crippen LogP contribution in [0, 0.1) is 12.8 Å². The van der Waals surface area contributed by atoms with Crippen molar-refractivity contribution in [1.82, 2.24) is 20.4 Å². The Morgan fingerprint density at radius 2 is 1.94 bits per heavy atom. The molecule has 0 bridgehead atoms. The first-order valence-corrected chi connectivity index (χ1v) is 11.2. The first kappa shape index (κ1) is 25.6. The van der Waals surface area contributed by atoms with Crippen molar-refractivity contribution >= 4 is 29.9 Å². The van der Waals surface area contributed by atoms with Crippen molar-refractivity contribution in [2.24, 2.45) is 18.0 Å². The van der Waals surface area contributed by atoms with Crippen LogP contribution in [-0.2, 0) is 31.2 Å². The van der Waals surface area contributed by atoms with E-state index < -0.39 is 0 Å². The molecule has 1 saturated heterocycles. The van der Waals surface area contributed by atoms with Gasteiger partial charge in [-0.05, 0) is 38.2 Å². The Bertz CT molecular complexity index is 846. The van der Waals surface area contributed by atoms with E-state index in [-0.39, 0.29) is 30.1 Å². The van der Waals surface area contributed by atoms with E-state index in [0.717, 1.165) is 57.0 Å². The zero-order valence-electron chi connectivity index (χ0n) is 19.6. The van der Waals surface area contributed by atoms with E-state index in [4.69, 9.17) is 4.74 Å². The highest BCUT2D eigenvalue weighted by Gasteiger charge is 2.27. The molecule has 1 aliphatic rings. The van der Waals surface area contributed by atoms with Crippen molar-refractivity contribution in [3.63, 3.8) is 0 Å². The van der Waals surface area contributed by atoms with E-state index in [1.807, 2.05) is 18.8 Å². The number of hydrogen-bond donors (Lipinski definition) is 2. The molecule has 2 heterocycles. The molecule has 7 heteroatoms. The minimum atomic E-state index is 0. The van der Waals surface area contributed by atoms with E-state index >= 15 is 0 Å².